The molecule has 3 rings (SSSR count). The molecule has 3 aromatic rings. The molecule has 2 aromatic heterocycles. The van der Waals surface area contributed by atoms with Crippen molar-refractivity contribution in [3.8, 4) is 0 Å². The van der Waals surface area contributed by atoms with Crippen LogP contribution in [0.2, 0.25) is 0 Å². The number of H-pyrrole nitrogens is 1. The number of fused-ring (bicyclic) bond motifs is 1. The van der Waals surface area contributed by atoms with Crippen molar-refractivity contribution in [2.45, 2.75) is 92.9 Å². The van der Waals surface area contributed by atoms with Crippen molar-refractivity contribution in [3.63, 3.8) is 0 Å². The molecule has 0 radical (unpaired) electrons. The highest BCUT2D eigenvalue weighted by molar-refractivity contribution is 5.58. The molecule has 0 amide bonds. The van der Waals surface area contributed by atoms with Gasteiger partial charge in [-0.1, -0.05) is 46.1 Å². The zero-order valence-corrected chi connectivity index (χ0v) is 22.6. The number of benzene rings is 1. The van der Waals surface area contributed by atoms with E-state index in [2.05, 4.69) is 75.8 Å². The Morgan fingerprint density at radius 3 is 2.40 bits per heavy atom. The average Bonchev–Trinajstić information content (AvgIpc) is 3.19. The van der Waals surface area contributed by atoms with E-state index in [0.29, 0.717) is 5.65 Å². The van der Waals surface area contributed by atoms with Crippen molar-refractivity contribution in [1.82, 2.24) is 14.6 Å². The Bertz CT molecular complexity index is 1300. The minimum absolute atomic E-state index is 0.0205. The lowest BCUT2D eigenvalue weighted by Gasteiger charge is -2.21. The molecule has 1 N–H and O–H groups in total. The number of aromatic nitrogens is 3. The van der Waals surface area contributed by atoms with Crippen LogP contribution in [-0.2, 0) is 12.8 Å². The van der Waals surface area contributed by atoms with Crippen LogP contribution in [0.15, 0.2) is 28.0 Å². The molecule has 0 atom stereocenters. The Kier molecular flexibility index (Phi) is 9.70. The van der Waals surface area contributed by atoms with Gasteiger partial charge in [0.2, 0.25) is 0 Å². The van der Waals surface area contributed by atoms with Crippen LogP contribution in [0.3, 0.4) is 0 Å². The molecule has 0 aliphatic heterocycles. The smallest absolute Gasteiger partial charge is 0.276 e. The zero-order chi connectivity index (χ0) is 25.4. The monoisotopic (exact) mass is 477 g/mol. The molecule has 6 heteroatoms. The SMILES string of the molecule is CCCC/C=c1/[nH]n2c(=O)c(CCCC)c(CCC)nc2c1=Nc1ccc(N(CC)CC)cc1C. The van der Waals surface area contributed by atoms with E-state index in [0.717, 1.165) is 97.7 Å². The van der Waals surface area contributed by atoms with E-state index in [9.17, 15) is 4.79 Å². The molecule has 6 nitrogen and oxygen atoms in total. The van der Waals surface area contributed by atoms with Crippen molar-refractivity contribution < 1.29 is 0 Å². The molecule has 0 aliphatic rings. The maximum atomic E-state index is 13.6. The highest BCUT2D eigenvalue weighted by Gasteiger charge is 2.15. The van der Waals surface area contributed by atoms with E-state index in [-0.39, 0.29) is 5.56 Å². The van der Waals surface area contributed by atoms with Crippen LogP contribution in [0.25, 0.3) is 11.7 Å². The van der Waals surface area contributed by atoms with E-state index >= 15 is 0 Å². The summed E-state index contributed by atoms with van der Waals surface area (Å²) in [5, 5.41) is 4.99. The van der Waals surface area contributed by atoms with Gasteiger partial charge < -0.3 is 4.90 Å². The summed E-state index contributed by atoms with van der Waals surface area (Å²) < 4.78 is 1.63. The first kappa shape index (κ1) is 26.7. The summed E-state index contributed by atoms with van der Waals surface area (Å²) >= 11 is 0. The van der Waals surface area contributed by atoms with Gasteiger partial charge in [-0.15, -0.1) is 0 Å². The number of hydrogen-bond donors (Lipinski definition) is 1. The molecule has 1 aromatic carbocycles. The zero-order valence-electron chi connectivity index (χ0n) is 22.6. The van der Waals surface area contributed by atoms with Gasteiger partial charge in [-0.25, -0.2) is 9.98 Å². The maximum Gasteiger partial charge on any atom is 0.276 e. The fraction of sp³-hybridized carbons (Fsp3) is 0.552. The molecule has 0 fully saturated rings. The molecule has 35 heavy (non-hydrogen) atoms. The first-order valence-electron chi connectivity index (χ1n) is 13.6. The maximum absolute atomic E-state index is 13.6. The highest BCUT2D eigenvalue weighted by Crippen LogP contribution is 2.24. The average molecular weight is 478 g/mol. The number of nitrogens with one attached hydrogen (secondary N) is 1. The third-order valence-electron chi connectivity index (χ3n) is 6.68. The summed E-state index contributed by atoms with van der Waals surface area (Å²) in [6.07, 6.45) is 9.90. The van der Waals surface area contributed by atoms with Crippen molar-refractivity contribution in [1.29, 1.82) is 0 Å². The molecule has 0 aliphatic carbocycles. The molecule has 2 heterocycles. The van der Waals surface area contributed by atoms with Crippen LogP contribution >= 0.6 is 0 Å². The van der Waals surface area contributed by atoms with Crippen molar-refractivity contribution in [3.05, 3.63) is 56.1 Å². The van der Waals surface area contributed by atoms with Crippen LogP contribution < -0.4 is 21.2 Å². The largest absolute Gasteiger partial charge is 0.372 e. The summed E-state index contributed by atoms with van der Waals surface area (Å²) in [5.41, 5.74) is 5.66. The summed E-state index contributed by atoms with van der Waals surface area (Å²) in [6.45, 7) is 14.9. The summed E-state index contributed by atoms with van der Waals surface area (Å²) in [7, 11) is 0. The Morgan fingerprint density at radius 2 is 1.77 bits per heavy atom. The van der Waals surface area contributed by atoms with Gasteiger partial charge in [0.05, 0.1) is 16.7 Å². The molecule has 0 unspecified atom stereocenters. The number of hydrogen-bond acceptors (Lipinski definition) is 4. The van der Waals surface area contributed by atoms with Gasteiger partial charge in [0.1, 0.15) is 5.36 Å². The fourth-order valence-electron chi connectivity index (χ4n) is 4.58. The Balaban J connectivity index is 2.28. The molecule has 190 valence electrons. The van der Waals surface area contributed by atoms with Gasteiger partial charge in [0.25, 0.3) is 5.56 Å². The second-order valence-corrected chi connectivity index (χ2v) is 9.33. The van der Waals surface area contributed by atoms with Crippen LogP contribution in [0.1, 0.15) is 90.0 Å². The van der Waals surface area contributed by atoms with Gasteiger partial charge in [0, 0.05) is 24.3 Å². The normalized spacial score (nSPS) is 12.7. The minimum Gasteiger partial charge on any atom is -0.372 e. The van der Waals surface area contributed by atoms with Gasteiger partial charge >= 0.3 is 0 Å². The van der Waals surface area contributed by atoms with Gasteiger partial charge in [-0.3, -0.25) is 9.89 Å². The van der Waals surface area contributed by atoms with Gasteiger partial charge in [-0.2, -0.15) is 4.52 Å². The second kappa shape index (κ2) is 12.7. The topological polar surface area (TPSA) is 65.8 Å². The Hall–Kier alpha value is -2.89. The van der Waals surface area contributed by atoms with Crippen LogP contribution in [0.5, 0.6) is 0 Å². The molecule has 0 bridgehead atoms. The van der Waals surface area contributed by atoms with E-state index < -0.39 is 0 Å². The van der Waals surface area contributed by atoms with Crippen molar-refractivity contribution in [2.24, 2.45) is 4.99 Å². The molecule has 0 saturated carbocycles. The van der Waals surface area contributed by atoms with Crippen LogP contribution in [0.4, 0.5) is 11.4 Å². The minimum atomic E-state index is 0.0205. The summed E-state index contributed by atoms with van der Waals surface area (Å²) in [5.74, 6) is 0. The van der Waals surface area contributed by atoms with E-state index in [1.807, 2.05) is 0 Å². The first-order chi connectivity index (χ1) is 17.0. The molecular weight excluding hydrogens is 434 g/mol. The van der Waals surface area contributed by atoms with Crippen LogP contribution in [0, 0.1) is 6.92 Å². The number of unbranched alkanes of at least 4 members (excludes halogenated alkanes) is 3. The van der Waals surface area contributed by atoms with E-state index in [1.165, 1.54) is 5.69 Å². The number of nitrogens with zero attached hydrogens (tertiary/aromatic N) is 4. The first-order valence-corrected chi connectivity index (χ1v) is 13.6. The lowest BCUT2D eigenvalue weighted by Crippen LogP contribution is -2.24. The van der Waals surface area contributed by atoms with E-state index in [4.69, 9.17) is 9.98 Å². The summed E-state index contributed by atoms with van der Waals surface area (Å²) in [6, 6.07) is 6.42. The van der Waals surface area contributed by atoms with Gasteiger partial charge in [-0.05, 0) is 76.6 Å². The second-order valence-electron chi connectivity index (χ2n) is 9.33. The summed E-state index contributed by atoms with van der Waals surface area (Å²) in [4.78, 5) is 26.0. The van der Waals surface area contributed by atoms with E-state index in [1.54, 1.807) is 4.52 Å². The lowest BCUT2D eigenvalue weighted by atomic mass is 10.1. The molecular formula is C29H43N5O. The lowest BCUT2D eigenvalue weighted by molar-refractivity contribution is 0.738. The van der Waals surface area contributed by atoms with Crippen molar-refractivity contribution in [2.75, 3.05) is 18.0 Å². The quantitative estimate of drug-likeness (QED) is 0.356. The number of aryl methyl sites for hydroxylation is 2. The number of aromatic amines is 1. The van der Waals surface area contributed by atoms with Gasteiger partial charge in [0.15, 0.2) is 5.65 Å². The standard InChI is InChI=1S/C29H43N5O/c1-7-12-14-17-26-27(30-24-19-18-22(20-21(24)6)33(10-4)11-5)28-31-25(15-9-3)23(16-13-8-2)29(35)34(28)32-26/h17-20,32H,7-16H2,1-6H3/b26-17+,30-27?. The highest BCUT2D eigenvalue weighted by atomic mass is 16.1. The van der Waals surface area contributed by atoms with Crippen LogP contribution in [-0.4, -0.2) is 27.7 Å². The molecule has 0 saturated heterocycles. The molecule has 0 spiro atoms. The predicted molar refractivity (Wildman–Crippen MR) is 148 cm³/mol. The third-order valence-corrected chi connectivity index (χ3v) is 6.68. The Labute approximate surface area is 209 Å². The predicted octanol–water partition coefficient (Wildman–Crippen LogP) is 5.39. The number of anilines is 1. The van der Waals surface area contributed by atoms with Crippen molar-refractivity contribution >= 4 is 23.1 Å². The fourth-order valence-corrected chi connectivity index (χ4v) is 4.58. The number of rotatable bonds is 12. The Morgan fingerprint density at radius 1 is 1.03 bits per heavy atom. The third kappa shape index (κ3) is 6.03.